The van der Waals surface area contributed by atoms with E-state index in [4.69, 9.17) is 5.73 Å². The number of phenols is 1. The van der Waals surface area contributed by atoms with Crippen molar-refractivity contribution in [2.24, 2.45) is 17.6 Å². The predicted molar refractivity (Wildman–Crippen MR) is 128 cm³/mol. The van der Waals surface area contributed by atoms with Gasteiger partial charge in [-0.05, 0) is 23.8 Å². The van der Waals surface area contributed by atoms with E-state index in [0.29, 0.717) is 11.3 Å². The van der Waals surface area contributed by atoms with Crippen LogP contribution in [-0.2, 0) is 9.59 Å². The lowest BCUT2D eigenvalue weighted by Gasteiger charge is -2.50. The second kappa shape index (κ2) is 8.51. The standard InChI is InChI=1S/C26H23NO8S/c27-25(34)19-16(29)9-14-21(30)18-13(10-36-11-5-2-1-3-6-11)12-7-4-8-15(28)17(12)22(31)20(18)24(33)26(14,35)23(19)32/h1-8,13-14,18,21,28-30,33,35H,9-10H2,(H2,27,34)/t13-,14+,18+,21+,26+/m0/s1. The molecule has 2 aromatic rings. The van der Waals surface area contributed by atoms with Gasteiger partial charge in [0.25, 0.3) is 5.91 Å². The summed E-state index contributed by atoms with van der Waals surface area (Å²) < 4.78 is 0. The summed E-state index contributed by atoms with van der Waals surface area (Å²) in [4.78, 5) is 39.4. The van der Waals surface area contributed by atoms with Crippen molar-refractivity contribution in [2.75, 3.05) is 5.75 Å². The van der Waals surface area contributed by atoms with Crippen LogP contribution in [0.3, 0.4) is 0 Å². The lowest BCUT2D eigenvalue weighted by molar-refractivity contribution is -0.154. The van der Waals surface area contributed by atoms with Gasteiger partial charge in [-0.15, -0.1) is 11.8 Å². The van der Waals surface area contributed by atoms with E-state index in [0.717, 1.165) is 4.90 Å². The predicted octanol–water partition coefficient (Wildman–Crippen LogP) is 1.88. The van der Waals surface area contributed by atoms with E-state index in [9.17, 15) is 39.9 Å². The molecule has 0 aromatic heterocycles. The van der Waals surface area contributed by atoms with Crippen molar-refractivity contribution < 1.29 is 39.9 Å². The van der Waals surface area contributed by atoms with Crippen LogP contribution in [0.1, 0.15) is 28.3 Å². The van der Waals surface area contributed by atoms with Gasteiger partial charge < -0.3 is 31.3 Å². The number of nitrogens with two attached hydrogens (primary N) is 1. The number of thioether (sulfide) groups is 1. The molecule has 36 heavy (non-hydrogen) atoms. The highest BCUT2D eigenvalue weighted by molar-refractivity contribution is 7.99. The summed E-state index contributed by atoms with van der Waals surface area (Å²) >= 11 is 1.43. The van der Waals surface area contributed by atoms with Crippen molar-refractivity contribution in [3.63, 3.8) is 0 Å². The largest absolute Gasteiger partial charge is 0.511 e. The van der Waals surface area contributed by atoms with Gasteiger partial charge in [0.15, 0.2) is 11.4 Å². The van der Waals surface area contributed by atoms with E-state index in [1.807, 2.05) is 30.3 Å². The molecule has 0 bridgehead atoms. The molecular weight excluding hydrogens is 486 g/mol. The molecule has 186 valence electrons. The number of aliphatic hydroxyl groups excluding tert-OH is 3. The molecule has 5 rings (SSSR count). The van der Waals surface area contributed by atoms with Crippen LogP contribution < -0.4 is 5.73 Å². The topological polar surface area (TPSA) is 178 Å². The molecule has 0 saturated heterocycles. The summed E-state index contributed by atoms with van der Waals surface area (Å²) in [6.07, 6.45) is -2.09. The highest BCUT2D eigenvalue weighted by Crippen LogP contribution is 2.55. The zero-order chi connectivity index (χ0) is 25.9. The zero-order valence-corrected chi connectivity index (χ0v) is 19.6. The molecule has 0 radical (unpaired) electrons. The number of Topliss-reactive ketones (excluding diaryl/α,β-unsaturated/α-hetero) is 2. The molecule has 7 N–H and O–H groups in total. The molecule has 10 heteroatoms. The Kier molecular flexibility index (Phi) is 5.70. The molecule has 2 aromatic carbocycles. The maximum Gasteiger partial charge on any atom is 0.255 e. The average Bonchev–Trinajstić information content (AvgIpc) is 2.84. The van der Waals surface area contributed by atoms with Gasteiger partial charge in [-0.3, -0.25) is 14.4 Å². The first kappa shape index (κ1) is 24.1. The van der Waals surface area contributed by atoms with Crippen LogP contribution in [0, 0.1) is 11.8 Å². The summed E-state index contributed by atoms with van der Waals surface area (Å²) in [5, 5.41) is 55.1. The van der Waals surface area contributed by atoms with Gasteiger partial charge in [0.1, 0.15) is 22.8 Å². The maximum atomic E-state index is 13.6. The van der Waals surface area contributed by atoms with Crippen molar-refractivity contribution >= 4 is 29.2 Å². The maximum absolute atomic E-state index is 13.6. The first-order chi connectivity index (χ1) is 17.1. The first-order valence-electron chi connectivity index (χ1n) is 11.2. The fourth-order valence-electron chi connectivity index (χ4n) is 5.67. The Bertz CT molecular complexity index is 1370. The Morgan fingerprint density at radius 2 is 1.75 bits per heavy atom. The monoisotopic (exact) mass is 509 g/mol. The minimum Gasteiger partial charge on any atom is -0.511 e. The van der Waals surface area contributed by atoms with Crippen LogP contribution in [-0.4, -0.2) is 60.5 Å². The fourth-order valence-corrected chi connectivity index (χ4v) is 6.78. The number of carbonyl (C=O) groups excluding carboxylic acids is 3. The number of fused-ring (bicyclic) bond motifs is 3. The zero-order valence-electron chi connectivity index (χ0n) is 18.8. The summed E-state index contributed by atoms with van der Waals surface area (Å²) in [6.45, 7) is 0. The number of benzene rings is 2. The van der Waals surface area contributed by atoms with Crippen LogP contribution in [0.2, 0.25) is 0 Å². The number of allylic oxidation sites excluding steroid dienone is 1. The summed E-state index contributed by atoms with van der Waals surface area (Å²) in [5.41, 5.74) is 1.42. The van der Waals surface area contributed by atoms with E-state index in [2.05, 4.69) is 0 Å². The Balaban J connectivity index is 1.70. The minimum atomic E-state index is -2.85. The number of carbonyl (C=O) groups is 3. The van der Waals surface area contributed by atoms with Crippen LogP contribution in [0.25, 0.3) is 0 Å². The van der Waals surface area contributed by atoms with Crippen molar-refractivity contribution in [3.8, 4) is 5.75 Å². The number of primary amides is 1. The van der Waals surface area contributed by atoms with E-state index in [1.165, 1.54) is 17.8 Å². The van der Waals surface area contributed by atoms with Gasteiger partial charge in [-0.2, -0.15) is 0 Å². The summed E-state index contributed by atoms with van der Waals surface area (Å²) in [5.74, 6) is -8.41. The fraction of sp³-hybridized carbons (Fsp3) is 0.269. The van der Waals surface area contributed by atoms with Crippen LogP contribution in [0.4, 0.5) is 0 Å². The average molecular weight is 510 g/mol. The molecule has 0 aliphatic heterocycles. The molecular formula is C26H23NO8S. The molecule has 0 fully saturated rings. The van der Waals surface area contributed by atoms with E-state index >= 15 is 0 Å². The second-order valence-electron chi connectivity index (χ2n) is 9.17. The van der Waals surface area contributed by atoms with Crippen LogP contribution >= 0.6 is 11.8 Å². The minimum absolute atomic E-state index is 0.0972. The van der Waals surface area contributed by atoms with Crippen LogP contribution in [0.5, 0.6) is 5.75 Å². The summed E-state index contributed by atoms with van der Waals surface area (Å²) in [7, 11) is 0. The van der Waals surface area contributed by atoms with Gasteiger partial charge in [0.05, 0.1) is 11.7 Å². The lowest BCUT2D eigenvalue weighted by Crippen LogP contribution is -2.62. The van der Waals surface area contributed by atoms with Crippen molar-refractivity contribution in [1.82, 2.24) is 0 Å². The van der Waals surface area contributed by atoms with Crippen LogP contribution in [0.15, 0.2) is 76.1 Å². The van der Waals surface area contributed by atoms with Crippen molar-refractivity contribution in [3.05, 3.63) is 82.3 Å². The molecule has 1 amide bonds. The highest BCUT2D eigenvalue weighted by Gasteiger charge is 2.64. The normalized spacial score (nSPS) is 29.5. The number of aromatic hydroxyl groups is 1. The highest BCUT2D eigenvalue weighted by atomic mass is 32.2. The van der Waals surface area contributed by atoms with Crippen molar-refractivity contribution in [1.29, 1.82) is 0 Å². The third-order valence-corrected chi connectivity index (χ3v) is 8.47. The molecule has 5 atom stereocenters. The van der Waals surface area contributed by atoms with Gasteiger partial charge in [0, 0.05) is 40.4 Å². The van der Waals surface area contributed by atoms with Gasteiger partial charge in [-0.25, -0.2) is 0 Å². The number of phenolic OH excluding ortho intramolecular Hbond substituents is 1. The van der Waals surface area contributed by atoms with E-state index < -0.39 is 76.0 Å². The van der Waals surface area contributed by atoms with Gasteiger partial charge in [0.2, 0.25) is 5.78 Å². The number of hydrogen-bond acceptors (Lipinski definition) is 9. The molecule has 0 unspecified atom stereocenters. The summed E-state index contributed by atoms with van der Waals surface area (Å²) in [6, 6.07) is 13.9. The number of amides is 1. The number of rotatable bonds is 4. The van der Waals surface area contributed by atoms with Gasteiger partial charge in [-0.1, -0.05) is 30.3 Å². The molecule has 9 nitrogen and oxygen atoms in total. The molecule has 0 spiro atoms. The second-order valence-corrected chi connectivity index (χ2v) is 10.3. The smallest absolute Gasteiger partial charge is 0.255 e. The molecule has 3 aliphatic carbocycles. The Labute approximate surface area is 209 Å². The lowest BCUT2D eigenvalue weighted by atomic mass is 9.56. The number of aliphatic hydroxyl groups is 4. The Morgan fingerprint density at radius 3 is 2.42 bits per heavy atom. The molecule has 0 saturated carbocycles. The van der Waals surface area contributed by atoms with E-state index in [1.54, 1.807) is 12.1 Å². The van der Waals surface area contributed by atoms with Gasteiger partial charge >= 0.3 is 0 Å². The number of ketones is 2. The van der Waals surface area contributed by atoms with Crippen molar-refractivity contribution in [2.45, 2.75) is 28.9 Å². The molecule has 3 aliphatic rings. The van der Waals surface area contributed by atoms with E-state index in [-0.39, 0.29) is 11.3 Å². The third-order valence-electron chi connectivity index (χ3n) is 7.34. The SMILES string of the molecule is NC(=O)C1=C(O)C[C@@H]2[C@@H](O)[C@H]3C(=C(O)[C@]2(O)C1=O)C(=O)c1c(O)cccc1[C@@H]3CSc1ccccc1. The first-order valence-corrected chi connectivity index (χ1v) is 12.2. The Hall–Kier alpha value is -3.60. The quantitative estimate of drug-likeness (QED) is 0.265. The Morgan fingerprint density at radius 1 is 1.06 bits per heavy atom. The third kappa shape index (κ3) is 3.29. The number of hydrogen-bond donors (Lipinski definition) is 6. The molecule has 0 heterocycles.